The van der Waals surface area contributed by atoms with Gasteiger partial charge in [-0.25, -0.2) is 0 Å². The molecule has 0 atom stereocenters. The molecule has 4 nitrogen and oxygen atoms in total. The van der Waals surface area contributed by atoms with E-state index >= 15 is 0 Å². The van der Waals surface area contributed by atoms with Crippen molar-refractivity contribution in [3.8, 4) is 0 Å². The van der Waals surface area contributed by atoms with Gasteiger partial charge < -0.3 is 10.6 Å². The lowest BCUT2D eigenvalue weighted by molar-refractivity contribution is -0.148. The second kappa shape index (κ2) is 8.76. The van der Waals surface area contributed by atoms with Crippen molar-refractivity contribution in [2.45, 2.75) is 44.7 Å². The molecular formula is C16H29F3N4. The highest BCUT2D eigenvalue weighted by Gasteiger charge is 2.32. The van der Waals surface area contributed by atoms with Gasteiger partial charge in [0.2, 0.25) is 0 Å². The first-order valence-electron chi connectivity index (χ1n) is 8.70. The fraction of sp³-hybridized carbons (Fsp3) is 0.938. The highest BCUT2D eigenvalue weighted by atomic mass is 19.4. The number of guanidine groups is 1. The number of hydrogen-bond acceptors (Lipinski definition) is 2. The molecule has 0 bridgehead atoms. The van der Waals surface area contributed by atoms with Crippen LogP contribution in [0, 0.1) is 11.8 Å². The van der Waals surface area contributed by atoms with E-state index in [2.05, 4.69) is 15.6 Å². The van der Waals surface area contributed by atoms with Crippen LogP contribution >= 0.6 is 0 Å². The normalized spacial score (nSPS) is 21.5. The molecule has 2 aliphatic rings. The number of piperidine rings is 1. The Kier molecular flexibility index (Phi) is 6.99. The summed E-state index contributed by atoms with van der Waals surface area (Å²) in [6.45, 7) is 2.12. The molecule has 1 saturated heterocycles. The summed E-state index contributed by atoms with van der Waals surface area (Å²) in [4.78, 5) is 5.72. The zero-order valence-corrected chi connectivity index (χ0v) is 14.0. The van der Waals surface area contributed by atoms with Gasteiger partial charge in [0.15, 0.2) is 5.96 Å². The van der Waals surface area contributed by atoms with Crippen LogP contribution in [-0.2, 0) is 0 Å². The number of halogens is 3. The molecule has 7 heteroatoms. The van der Waals surface area contributed by atoms with E-state index in [-0.39, 0.29) is 0 Å². The standard InChI is InChI=1S/C16H29F3N4/c1-20-15(21-8-4-13-2-3-13)22-9-5-14-6-10-23(11-7-14)12-16(17,18)19/h13-14H,2-12H2,1H3,(H2,20,21,22). The van der Waals surface area contributed by atoms with Crippen molar-refractivity contribution in [2.24, 2.45) is 16.8 Å². The minimum Gasteiger partial charge on any atom is -0.356 e. The smallest absolute Gasteiger partial charge is 0.356 e. The second-order valence-electron chi connectivity index (χ2n) is 6.78. The molecule has 0 amide bonds. The maximum absolute atomic E-state index is 12.4. The molecule has 0 radical (unpaired) electrons. The molecule has 0 aromatic rings. The minimum absolute atomic E-state index is 0.511. The van der Waals surface area contributed by atoms with Gasteiger partial charge in [-0.05, 0) is 50.6 Å². The van der Waals surface area contributed by atoms with E-state index in [1.165, 1.54) is 24.2 Å². The first kappa shape index (κ1) is 18.4. The van der Waals surface area contributed by atoms with Gasteiger partial charge in [0.25, 0.3) is 0 Å². The van der Waals surface area contributed by atoms with E-state index in [0.717, 1.165) is 44.2 Å². The average Bonchev–Trinajstić information content (AvgIpc) is 3.30. The van der Waals surface area contributed by atoms with E-state index < -0.39 is 12.7 Å². The van der Waals surface area contributed by atoms with E-state index in [1.54, 1.807) is 7.05 Å². The van der Waals surface area contributed by atoms with E-state index in [4.69, 9.17) is 0 Å². The molecule has 1 heterocycles. The third-order valence-corrected chi connectivity index (χ3v) is 4.72. The fourth-order valence-corrected chi connectivity index (χ4v) is 3.10. The van der Waals surface area contributed by atoms with E-state index in [0.29, 0.717) is 19.0 Å². The third-order valence-electron chi connectivity index (χ3n) is 4.72. The maximum Gasteiger partial charge on any atom is 0.401 e. The zero-order valence-electron chi connectivity index (χ0n) is 14.0. The quantitative estimate of drug-likeness (QED) is 0.555. The summed E-state index contributed by atoms with van der Waals surface area (Å²) in [7, 11) is 1.77. The largest absolute Gasteiger partial charge is 0.401 e. The lowest BCUT2D eigenvalue weighted by atomic mass is 9.93. The van der Waals surface area contributed by atoms with Gasteiger partial charge in [-0.1, -0.05) is 12.8 Å². The van der Waals surface area contributed by atoms with Crippen LogP contribution in [0.2, 0.25) is 0 Å². The van der Waals surface area contributed by atoms with Crippen molar-refractivity contribution < 1.29 is 13.2 Å². The molecule has 0 aromatic heterocycles. The first-order chi connectivity index (χ1) is 11.0. The molecular weight excluding hydrogens is 305 g/mol. The summed E-state index contributed by atoms with van der Waals surface area (Å²) in [5.74, 6) is 2.25. The average molecular weight is 334 g/mol. The Balaban J connectivity index is 1.53. The van der Waals surface area contributed by atoms with Crippen molar-refractivity contribution in [3.05, 3.63) is 0 Å². The Bertz CT molecular complexity index is 372. The summed E-state index contributed by atoms with van der Waals surface area (Å²) in [6.07, 6.45) is 2.55. The Morgan fingerprint density at radius 2 is 1.52 bits per heavy atom. The van der Waals surface area contributed by atoms with Crippen LogP contribution in [0.4, 0.5) is 13.2 Å². The Morgan fingerprint density at radius 1 is 1.00 bits per heavy atom. The van der Waals surface area contributed by atoms with Crippen LogP contribution in [0.5, 0.6) is 0 Å². The summed E-state index contributed by atoms with van der Waals surface area (Å²) < 4.78 is 37.1. The topological polar surface area (TPSA) is 39.7 Å². The van der Waals surface area contributed by atoms with Crippen molar-refractivity contribution >= 4 is 5.96 Å². The van der Waals surface area contributed by atoms with Crippen LogP contribution in [0.15, 0.2) is 4.99 Å². The number of alkyl halides is 3. The highest BCUT2D eigenvalue weighted by Crippen LogP contribution is 2.31. The van der Waals surface area contributed by atoms with Crippen LogP contribution in [-0.4, -0.2) is 56.8 Å². The SMILES string of the molecule is CN=C(NCCC1CC1)NCCC1CCN(CC(F)(F)F)CC1. The molecule has 2 rings (SSSR count). The summed E-state index contributed by atoms with van der Waals surface area (Å²) >= 11 is 0. The first-order valence-corrected chi connectivity index (χ1v) is 8.70. The maximum atomic E-state index is 12.4. The van der Waals surface area contributed by atoms with Crippen LogP contribution in [0.1, 0.15) is 38.5 Å². The second-order valence-corrected chi connectivity index (χ2v) is 6.78. The predicted octanol–water partition coefficient (Wildman–Crippen LogP) is 2.62. The fourth-order valence-electron chi connectivity index (χ4n) is 3.10. The minimum atomic E-state index is -4.08. The van der Waals surface area contributed by atoms with Gasteiger partial charge >= 0.3 is 6.18 Å². The van der Waals surface area contributed by atoms with Gasteiger partial charge in [0, 0.05) is 20.1 Å². The molecule has 2 N–H and O–H groups in total. The van der Waals surface area contributed by atoms with Crippen LogP contribution in [0.3, 0.4) is 0 Å². The summed E-state index contributed by atoms with van der Waals surface area (Å²) in [5, 5.41) is 6.62. The summed E-state index contributed by atoms with van der Waals surface area (Å²) in [6, 6.07) is 0. The van der Waals surface area contributed by atoms with Gasteiger partial charge in [-0.3, -0.25) is 9.89 Å². The molecule has 0 aromatic carbocycles. The number of aliphatic imine (C=N–C) groups is 1. The number of nitrogens with one attached hydrogen (secondary N) is 2. The number of rotatable bonds is 7. The van der Waals surface area contributed by atoms with Crippen molar-refractivity contribution in [1.82, 2.24) is 15.5 Å². The molecule has 1 aliphatic carbocycles. The van der Waals surface area contributed by atoms with Crippen molar-refractivity contribution in [1.29, 1.82) is 0 Å². The van der Waals surface area contributed by atoms with Gasteiger partial charge in [-0.15, -0.1) is 0 Å². The molecule has 1 saturated carbocycles. The zero-order chi connectivity index (χ0) is 16.7. The summed E-state index contributed by atoms with van der Waals surface area (Å²) in [5.41, 5.74) is 0. The van der Waals surface area contributed by atoms with Crippen molar-refractivity contribution in [3.63, 3.8) is 0 Å². The van der Waals surface area contributed by atoms with Crippen LogP contribution in [0.25, 0.3) is 0 Å². The van der Waals surface area contributed by atoms with Gasteiger partial charge in [0.05, 0.1) is 6.54 Å². The van der Waals surface area contributed by atoms with E-state index in [1.807, 2.05) is 0 Å². The molecule has 134 valence electrons. The molecule has 2 fully saturated rings. The van der Waals surface area contributed by atoms with Gasteiger partial charge in [0.1, 0.15) is 0 Å². The lowest BCUT2D eigenvalue weighted by Crippen LogP contribution is -2.41. The number of hydrogen-bond donors (Lipinski definition) is 2. The van der Waals surface area contributed by atoms with Crippen LogP contribution < -0.4 is 10.6 Å². The van der Waals surface area contributed by atoms with Crippen molar-refractivity contribution in [2.75, 3.05) is 39.8 Å². The molecule has 23 heavy (non-hydrogen) atoms. The van der Waals surface area contributed by atoms with E-state index in [9.17, 15) is 13.2 Å². The monoisotopic (exact) mass is 334 g/mol. The Hall–Kier alpha value is -0.980. The molecule has 0 unspecified atom stereocenters. The number of likely N-dealkylation sites (tertiary alicyclic amines) is 1. The highest BCUT2D eigenvalue weighted by molar-refractivity contribution is 5.79. The Morgan fingerprint density at radius 3 is 1.96 bits per heavy atom. The number of nitrogens with zero attached hydrogens (tertiary/aromatic N) is 2. The lowest BCUT2D eigenvalue weighted by Gasteiger charge is -2.32. The van der Waals surface area contributed by atoms with Gasteiger partial charge in [-0.2, -0.15) is 13.2 Å². The Labute approximate surface area is 136 Å². The molecule has 1 aliphatic heterocycles. The predicted molar refractivity (Wildman–Crippen MR) is 86.5 cm³/mol. The molecule has 0 spiro atoms. The third kappa shape index (κ3) is 7.90.